The van der Waals surface area contributed by atoms with Crippen molar-refractivity contribution in [3.05, 3.63) is 12.4 Å². The van der Waals surface area contributed by atoms with E-state index in [1.165, 1.54) is 0 Å². The van der Waals surface area contributed by atoms with Crippen LogP contribution in [0.3, 0.4) is 0 Å². The van der Waals surface area contributed by atoms with Gasteiger partial charge in [0.1, 0.15) is 12.2 Å². The maximum atomic E-state index is 11.1. The van der Waals surface area contributed by atoms with E-state index in [1.807, 2.05) is 0 Å². The molecule has 0 radical (unpaired) electrons. The molecule has 19 heavy (non-hydrogen) atoms. The van der Waals surface area contributed by atoms with Crippen molar-refractivity contribution in [3.8, 4) is 5.75 Å². The third-order valence-corrected chi connectivity index (χ3v) is 3.57. The molecule has 1 atom stereocenters. The molecule has 1 aromatic heterocycles. The minimum Gasteiger partial charge on any atom is -0.494 e. The number of amides is 1. The normalized spacial score (nSPS) is 26.6. The maximum Gasteiger partial charge on any atom is 0.246 e. The van der Waals surface area contributed by atoms with Crippen molar-refractivity contribution in [3.63, 3.8) is 0 Å². The lowest BCUT2D eigenvalue weighted by Gasteiger charge is -2.33. The summed E-state index contributed by atoms with van der Waals surface area (Å²) >= 11 is 0. The van der Waals surface area contributed by atoms with Crippen molar-refractivity contribution >= 4 is 11.9 Å². The van der Waals surface area contributed by atoms with Gasteiger partial charge in [-0.05, 0) is 6.42 Å². The average Bonchev–Trinajstić information content (AvgIpc) is 2.87. The molecule has 102 valence electrons. The van der Waals surface area contributed by atoms with Crippen LogP contribution in [0.15, 0.2) is 12.4 Å². The summed E-state index contributed by atoms with van der Waals surface area (Å²) in [5.74, 6) is 1.25. The molecule has 2 aliphatic rings. The molecular weight excluding hydrogens is 248 g/mol. The molecule has 3 heterocycles. The summed E-state index contributed by atoms with van der Waals surface area (Å²) < 4.78 is 10.7. The Morgan fingerprint density at radius 3 is 2.89 bits per heavy atom. The van der Waals surface area contributed by atoms with E-state index >= 15 is 0 Å². The first-order chi connectivity index (χ1) is 9.21. The number of carbonyl (C=O) groups excluding carboxylic acids is 1. The van der Waals surface area contributed by atoms with E-state index in [9.17, 15) is 4.79 Å². The number of anilines is 1. The summed E-state index contributed by atoms with van der Waals surface area (Å²) in [7, 11) is 1.59. The van der Waals surface area contributed by atoms with Crippen LogP contribution in [0.25, 0.3) is 0 Å². The highest BCUT2D eigenvalue weighted by molar-refractivity contribution is 5.78. The van der Waals surface area contributed by atoms with Crippen LogP contribution < -0.4 is 15.0 Å². The van der Waals surface area contributed by atoms with Gasteiger partial charge in [-0.15, -0.1) is 0 Å². The Hall–Kier alpha value is -1.89. The molecule has 1 N–H and O–H groups in total. The number of aromatic nitrogens is 2. The number of hydrogen-bond acceptors (Lipinski definition) is 6. The number of carbonyl (C=O) groups is 1. The SMILES string of the molecule is COc1cnc(N2CCC3(CNC(=O)CO3)C2)nc1. The minimum absolute atomic E-state index is 0.0511. The van der Waals surface area contributed by atoms with E-state index in [2.05, 4.69) is 20.2 Å². The van der Waals surface area contributed by atoms with Crippen LogP contribution in [0.4, 0.5) is 5.95 Å². The molecule has 3 rings (SSSR count). The molecule has 2 saturated heterocycles. The lowest BCUT2D eigenvalue weighted by Crippen LogP contribution is -2.53. The molecule has 0 aromatic carbocycles. The Morgan fingerprint density at radius 1 is 1.47 bits per heavy atom. The van der Waals surface area contributed by atoms with E-state index in [-0.39, 0.29) is 18.1 Å². The van der Waals surface area contributed by atoms with Crippen LogP contribution in [-0.2, 0) is 9.53 Å². The first-order valence-electron chi connectivity index (χ1n) is 6.22. The predicted octanol–water partition coefficient (Wildman–Crippen LogP) is -0.419. The molecule has 0 bridgehead atoms. The van der Waals surface area contributed by atoms with Crippen molar-refractivity contribution in [2.24, 2.45) is 0 Å². The number of nitrogens with zero attached hydrogens (tertiary/aromatic N) is 3. The van der Waals surface area contributed by atoms with E-state index in [4.69, 9.17) is 9.47 Å². The second-order valence-corrected chi connectivity index (χ2v) is 4.84. The van der Waals surface area contributed by atoms with Gasteiger partial charge in [-0.3, -0.25) is 4.79 Å². The number of rotatable bonds is 2. The summed E-state index contributed by atoms with van der Waals surface area (Å²) in [6.45, 7) is 2.21. The van der Waals surface area contributed by atoms with Crippen LogP contribution in [0, 0.1) is 0 Å². The van der Waals surface area contributed by atoms with Crippen LogP contribution in [0.2, 0.25) is 0 Å². The molecule has 1 unspecified atom stereocenters. The lowest BCUT2D eigenvalue weighted by atomic mass is 10.0. The molecular formula is C12H16N4O3. The molecule has 1 aromatic rings. The van der Waals surface area contributed by atoms with Gasteiger partial charge in [0.05, 0.1) is 26.0 Å². The standard InChI is InChI=1S/C12H16N4O3/c1-18-9-4-13-11(14-5-9)16-3-2-12(8-16)7-15-10(17)6-19-12/h4-5H,2-3,6-8H2,1H3,(H,15,17). The summed E-state index contributed by atoms with van der Waals surface area (Å²) in [6.07, 6.45) is 4.16. The van der Waals surface area contributed by atoms with Gasteiger partial charge in [-0.25, -0.2) is 9.97 Å². The summed E-state index contributed by atoms with van der Waals surface area (Å²) in [5, 5.41) is 2.85. The molecule has 2 fully saturated rings. The largest absolute Gasteiger partial charge is 0.494 e. The average molecular weight is 264 g/mol. The van der Waals surface area contributed by atoms with Crippen LogP contribution in [-0.4, -0.2) is 54.8 Å². The van der Waals surface area contributed by atoms with Gasteiger partial charge in [0.25, 0.3) is 0 Å². The number of ether oxygens (including phenoxy) is 2. The van der Waals surface area contributed by atoms with Crippen molar-refractivity contribution in [1.29, 1.82) is 0 Å². The number of hydrogen-bond donors (Lipinski definition) is 1. The fraction of sp³-hybridized carbons (Fsp3) is 0.583. The second kappa shape index (κ2) is 4.65. The Labute approximate surface area is 110 Å². The third-order valence-electron chi connectivity index (χ3n) is 3.57. The Bertz CT molecular complexity index is 466. The molecule has 0 saturated carbocycles. The Morgan fingerprint density at radius 2 is 2.26 bits per heavy atom. The van der Waals surface area contributed by atoms with Crippen molar-refractivity contribution in [2.75, 3.05) is 38.3 Å². The minimum atomic E-state index is -0.294. The Balaban J connectivity index is 1.69. The second-order valence-electron chi connectivity index (χ2n) is 4.84. The van der Waals surface area contributed by atoms with E-state index < -0.39 is 0 Å². The van der Waals surface area contributed by atoms with Gasteiger partial charge < -0.3 is 19.7 Å². The summed E-state index contributed by atoms with van der Waals surface area (Å²) in [6, 6.07) is 0. The van der Waals surface area contributed by atoms with Crippen LogP contribution >= 0.6 is 0 Å². The zero-order valence-corrected chi connectivity index (χ0v) is 10.8. The van der Waals surface area contributed by atoms with Gasteiger partial charge in [-0.2, -0.15) is 0 Å². The zero-order chi connectivity index (χ0) is 13.3. The predicted molar refractivity (Wildman–Crippen MR) is 67.1 cm³/mol. The van der Waals surface area contributed by atoms with Gasteiger partial charge >= 0.3 is 0 Å². The van der Waals surface area contributed by atoms with E-state index in [1.54, 1.807) is 19.5 Å². The van der Waals surface area contributed by atoms with Gasteiger partial charge in [0.15, 0.2) is 5.75 Å². The van der Waals surface area contributed by atoms with Crippen molar-refractivity contribution in [2.45, 2.75) is 12.0 Å². The molecule has 7 heteroatoms. The van der Waals surface area contributed by atoms with Crippen LogP contribution in [0.5, 0.6) is 5.75 Å². The van der Waals surface area contributed by atoms with E-state index in [0.29, 0.717) is 24.8 Å². The van der Waals surface area contributed by atoms with Gasteiger partial charge in [-0.1, -0.05) is 0 Å². The van der Waals surface area contributed by atoms with Crippen molar-refractivity contribution < 1.29 is 14.3 Å². The third kappa shape index (κ3) is 2.33. The van der Waals surface area contributed by atoms with Crippen LogP contribution in [0.1, 0.15) is 6.42 Å². The highest BCUT2D eigenvalue weighted by Gasteiger charge is 2.42. The molecule has 0 aliphatic carbocycles. The molecule has 2 aliphatic heterocycles. The lowest BCUT2D eigenvalue weighted by molar-refractivity contribution is -0.141. The first-order valence-corrected chi connectivity index (χ1v) is 6.22. The molecule has 7 nitrogen and oxygen atoms in total. The number of methoxy groups -OCH3 is 1. The van der Waals surface area contributed by atoms with Crippen molar-refractivity contribution in [1.82, 2.24) is 15.3 Å². The summed E-state index contributed by atoms with van der Waals surface area (Å²) in [5.41, 5.74) is -0.294. The summed E-state index contributed by atoms with van der Waals surface area (Å²) in [4.78, 5) is 21.7. The van der Waals surface area contributed by atoms with Gasteiger partial charge in [0.2, 0.25) is 11.9 Å². The molecule has 1 amide bonds. The van der Waals surface area contributed by atoms with Gasteiger partial charge in [0, 0.05) is 13.1 Å². The quantitative estimate of drug-likeness (QED) is 0.782. The highest BCUT2D eigenvalue weighted by atomic mass is 16.5. The zero-order valence-electron chi connectivity index (χ0n) is 10.8. The van der Waals surface area contributed by atoms with E-state index in [0.717, 1.165) is 13.0 Å². The number of morpholine rings is 1. The molecule has 1 spiro atoms. The monoisotopic (exact) mass is 264 g/mol. The maximum absolute atomic E-state index is 11.1. The number of nitrogens with one attached hydrogen (secondary N) is 1. The smallest absolute Gasteiger partial charge is 0.246 e. The Kier molecular flexibility index (Phi) is 2.98. The highest BCUT2D eigenvalue weighted by Crippen LogP contribution is 2.29. The fourth-order valence-electron chi connectivity index (χ4n) is 2.44. The fourth-order valence-corrected chi connectivity index (χ4v) is 2.44. The topological polar surface area (TPSA) is 76.6 Å². The first kappa shape index (κ1) is 12.2.